The first-order valence-corrected chi connectivity index (χ1v) is 9.05. The second-order valence-corrected chi connectivity index (χ2v) is 6.90. The van der Waals surface area contributed by atoms with Gasteiger partial charge < -0.3 is 10.2 Å². The smallest absolute Gasteiger partial charge is 0.255 e. The van der Waals surface area contributed by atoms with Crippen LogP contribution in [0.5, 0.6) is 0 Å². The fourth-order valence-electron chi connectivity index (χ4n) is 2.33. The third-order valence-corrected chi connectivity index (χ3v) is 4.42. The summed E-state index contributed by atoms with van der Waals surface area (Å²) >= 11 is 17.7. The van der Waals surface area contributed by atoms with Crippen molar-refractivity contribution in [1.29, 1.82) is 0 Å². The van der Waals surface area contributed by atoms with E-state index in [1.165, 1.54) is 17.0 Å². The van der Waals surface area contributed by atoms with Crippen molar-refractivity contribution in [2.75, 3.05) is 18.4 Å². The SMILES string of the molecule is CCCN(CC(=O)Nc1ccc(Cl)cc1Cl)C(=O)c1cc(F)c(F)cc1Cl. The van der Waals surface area contributed by atoms with Crippen LogP contribution in [0.1, 0.15) is 23.7 Å². The second-order valence-electron chi connectivity index (χ2n) is 5.65. The molecule has 2 amide bonds. The molecule has 144 valence electrons. The first kappa shape index (κ1) is 21.4. The van der Waals surface area contributed by atoms with Crippen LogP contribution in [-0.2, 0) is 4.79 Å². The third kappa shape index (κ3) is 5.54. The number of hydrogen-bond acceptors (Lipinski definition) is 2. The highest BCUT2D eigenvalue weighted by molar-refractivity contribution is 6.36. The molecule has 0 atom stereocenters. The Morgan fingerprint density at radius 3 is 2.33 bits per heavy atom. The van der Waals surface area contributed by atoms with Gasteiger partial charge in [-0.3, -0.25) is 9.59 Å². The molecule has 0 heterocycles. The van der Waals surface area contributed by atoms with Crippen molar-refractivity contribution in [2.24, 2.45) is 0 Å². The van der Waals surface area contributed by atoms with Crippen LogP contribution in [0.25, 0.3) is 0 Å². The van der Waals surface area contributed by atoms with Gasteiger partial charge in [0.2, 0.25) is 5.91 Å². The fourth-order valence-corrected chi connectivity index (χ4v) is 3.02. The summed E-state index contributed by atoms with van der Waals surface area (Å²) < 4.78 is 26.7. The molecule has 9 heteroatoms. The Morgan fingerprint density at radius 1 is 1.04 bits per heavy atom. The molecule has 2 aromatic rings. The molecule has 2 aromatic carbocycles. The van der Waals surface area contributed by atoms with Gasteiger partial charge in [-0.25, -0.2) is 8.78 Å². The fraction of sp³-hybridized carbons (Fsp3) is 0.222. The van der Waals surface area contributed by atoms with Gasteiger partial charge in [-0.05, 0) is 36.8 Å². The first-order valence-electron chi connectivity index (χ1n) is 7.91. The average molecular weight is 436 g/mol. The molecule has 0 aliphatic rings. The standard InChI is InChI=1S/C18H15Cl3F2N2O2/c1-2-5-25(18(27)11-7-14(22)15(23)8-12(11)20)9-17(26)24-16-4-3-10(19)6-13(16)21/h3-4,6-8H,2,5,9H2,1H3,(H,24,26). The number of hydrogen-bond donors (Lipinski definition) is 1. The van der Waals surface area contributed by atoms with Crippen molar-refractivity contribution >= 4 is 52.3 Å². The van der Waals surface area contributed by atoms with E-state index < -0.39 is 23.4 Å². The van der Waals surface area contributed by atoms with E-state index >= 15 is 0 Å². The van der Waals surface area contributed by atoms with E-state index in [0.29, 0.717) is 17.1 Å². The zero-order valence-electron chi connectivity index (χ0n) is 14.2. The highest BCUT2D eigenvalue weighted by atomic mass is 35.5. The minimum atomic E-state index is -1.20. The summed E-state index contributed by atoms with van der Waals surface area (Å²) in [4.78, 5) is 26.2. The van der Waals surface area contributed by atoms with Crippen LogP contribution in [0.4, 0.5) is 14.5 Å². The molecule has 0 fully saturated rings. The maximum absolute atomic E-state index is 13.5. The van der Waals surface area contributed by atoms with Gasteiger partial charge in [-0.15, -0.1) is 0 Å². The molecule has 0 spiro atoms. The number of nitrogens with zero attached hydrogens (tertiary/aromatic N) is 1. The van der Waals surface area contributed by atoms with Crippen LogP contribution in [0, 0.1) is 11.6 Å². The van der Waals surface area contributed by atoms with Gasteiger partial charge in [0.25, 0.3) is 5.91 Å². The van der Waals surface area contributed by atoms with Crippen LogP contribution in [0.3, 0.4) is 0 Å². The normalized spacial score (nSPS) is 10.6. The molecule has 2 rings (SSSR count). The van der Waals surface area contributed by atoms with Crippen LogP contribution in [-0.4, -0.2) is 29.8 Å². The van der Waals surface area contributed by atoms with Crippen LogP contribution < -0.4 is 5.32 Å². The molecular weight excluding hydrogens is 421 g/mol. The summed E-state index contributed by atoms with van der Waals surface area (Å²) in [7, 11) is 0. The number of anilines is 1. The maximum Gasteiger partial charge on any atom is 0.255 e. The Bertz CT molecular complexity index is 878. The predicted octanol–water partition coefficient (Wildman–Crippen LogP) is 5.42. The summed E-state index contributed by atoms with van der Waals surface area (Å²) in [6.07, 6.45) is 0.544. The molecule has 0 radical (unpaired) electrons. The van der Waals surface area contributed by atoms with E-state index in [0.717, 1.165) is 12.1 Å². The van der Waals surface area contributed by atoms with E-state index in [-0.39, 0.29) is 28.7 Å². The van der Waals surface area contributed by atoms with Crippen molar-refractivity contribution in [3.8, 4) is 0 Å². The number of halogens is 5. The zero-order chi connectivity index (χ0) is 20.1. The minimum absolute atomic E-state index is 0.218. The molecule has 0 saturated heterocycles. The molecule has 0 aromatic heterocycles. The van der Waals surface area contributed by atoms with Crippen molar-refractivity contribution in [3.05, 3.63) is 62.6 Å². The third-order valence-electron chi connectivity index (χ3n) is 3.56. The lowest BCUT2D eigenvalue weighted by Crippen LogP contribution is -2.38. The van der Waals surface area contributed by atoms with Gasteiger partial charge in [0.05, 0.1) is 21.3 Å². The minimum Gasteiger partial charge on any atom is -0.329 e. The number of carbonyl (C=O) groups is 2. The van der Waals surface area contributed by atoms with Gasteiger partial charge in [0, 0.05) is 11.6 Å². The highest BCUT2D eigenvalue weighted by Gasteiger charge is 2.22. The zero-order valence-corrected chi connectivity index (χ0v) is 16.4. The maximum atomic E-state index is 13.5. The Kier molecular flexibility index (Phi) is 7.41. The van der Waals surface area contributed by atoms with Crippen molar-refractivity contribution in [3.63, 3.8) is 0 Å². The van der Waals surface area contributed by atoms with E-state index in [1.807, 2.05) is 0 Å². The molecular formula is C18H15Cl3F2N2O2. The number of amides is 2. The molecule has 0 unspecified atom stereocenters. The molecule has 0 aliphatic heterocycles. The van der Waals surface area contributed by atoms with E-state index in [4.69, 9.17) is 34.8 Å². The Morgan fingerprint density at radius 2 is 1.70 bits per heavy atom. The van der Waals surface area contributed by atoms with E-state index in [1.54, 1.807) is 13.0 Å². The van der Waals surface area contributed by atoms with E-state index in [9.17, 15) is 18.4 Å². The quantitative estimate of drug-likeness (QED) is 0.616. The molecule has 0 saturated carbocycles. The lowest BCUT2D eigenvalue weighted by Gasteiger charge is -2.22. The van der Waals surface area contributed by atoms with Crippen LogP contribution >= 0.6 is 34.8 Å². The summed E-state index contributed by atoms with van der Waals surface area (Å²) in [6.45, 7) is 1.71. The molecule has 0 aliphatic carbocycles. The van der Waals surface area contributed by atoms with Gasteiger partial charge >= 0.3 is 0 Å². The van der Waals surface area contributed by atoms with Crippen molar-refractivity contribution < 1.29 is 18.4 Å². The molecule has 0 bridgehead atoms. The number of nitrogens with one attached hydrogen (secondary N) is 1. The van der Waals surface area contributed by atoms with E-state index in [2.05, 4.69) is 5.32 Å². The predicted molar refractivity (Wildman–Crippen MR) is 103 cm³/mol. The average Bonchev–Trinajstić information content (AvgIpc) is 2.59. The van der Waals surface area contributed by atoms with Gasteiger partial charge in [-0.1, -0.05) is 41.7 Å². The Labute approximate surface area is 170 Å². The summed E-state index contributed by atoms with van der Waals surface area (Å²) in [6, 6.07) is 5.99. The lowest BCUT2D eigenvalue weighted by molar-refractivity contribution is -0.116. The number of rotatable bonds is 6. The number of benzene rings is 2. The molecule has 4 nitrogen and oxygen atoms in total. The van der Waals surface area contributed by atoms with Gasteiger partial charge in [0.15, 0.2) is 11.6 Å². The summed E-state index contributed by atoms with van der Waals surface area (Å²) in [5.74, 6) is -3.55. The molecule has 27 heavy (non-hydrogen) atoms. The first-order chi connectivity index (χ1) is 12.7. The van der Waals surface area contributed by atoms with Gasteiger partial charge in [-0.2, -0.15) is 0 Å². The van der Waals surface area contributed by atoms with Crippen LogP contribution in [0.2, 0.25) is 15.1 Å². The lowest BCUT2D eigenvalue weighted by atomic mass is 10.1. The summed E-state index contributed by atoms with van der Waals surface area (Å²) in [5.41, 5.74) is 0.113. The largest absolute Gasteiger partial charge is 0.329 e. The molecule has 1 N–H and O–H groups in total. The highest BCUT2D eigenvalue weighted by Crippen LogP contribution is 2.25. The van der Waals surface area contributed by atoms with Crippen molar-refractivity contribution in [1.82, 2.24) is 4.90 Å². The Balaban J connectivity index is 2.18. The summed E-state index contributed by atoms with van der Waals surface area (Å²) in [5, 5.41) is 3.00. The second kappa shape index (κ2) is 9.35. The number of carbonyl (C=O) groups excluding carboxylic acids is 2. The Hall–Kier alpha value is -1.89. The van der Waals surface area contributed by atoms with Crippen molar-refractivity contribution in [2.45, 2.75) is 13.3 Å². The topological polar surface area (TPSA) is 49.4 Å². The van der Waals surface area contributed by atoms with Gasteiger partial charge in [0.1, 0.15) is 6.54 Å². The van der Waals surface area contributed by atoms with Crippen LogP contribution in [0.15, 0.2) is 30.3 Å². The monoisotopic (exact) mass is 434 g/mol.